The van der Waals surface area contributed by atoms with Crippen molar-refractivity contribution in [3.05, 3.63) is 0 Å². The minimum Gasteiger partial charge on any atom is -0.330 e. The second kappa shape index (κ2) is 37.8. The van der Waals surface area contributed by atoms with E-state index >= 15 is 0 Å². The first-order valence-corrected chi connectivity index (χ1v) is 4.45. The van der Waals surface area contributed by atoms with E-state index in [9.17, 15) is 0 Å². The van der Waals surface area contributed by atoms with Gasteiger partial charge >= 0.3 is 16.8 Å². The van der Waals surface area contributed by atoms with E-state index in [1.54, 1.807) is 0 Å². The normalized spacial score (nSPS) is 7.29. The summed E-state index contributed by atoms with van der Waals surface area (Å²) < 4.78 is 0. The molecule has 0 fully saturated rings. The van der Waals surface area contributed by atoms with Gasteiger partial charge in [0.25, 0.3) is 0 Å². The molecule has 90 valence electrons. The van der Waals surface area contributed by atoms with Crippen LogP contribution in [0.4, 0.5) is 0 Å². The van der Waals surface area contributed by atoms with Gasteiger partial charge < -0.3 is 34.4 Å². The molecule has 12 N–H and O–H groups in total. The standard InChI is InChI=1S/C3H10N2.2C2H8N2.Co/c4-2-1-3-5;2*3-1-2-4;/h1-5H2;2*1-4H2;/q;;;+3. The number of rotatable bonds is 4. The van der Waals surface area contributed by atoms with Gasteiger partial charge in [-0.15, -0.1) is 0 Å². The maximum atomic E-state index is 5.06. The Labute approximate surface area is 97.3 Å². The van der Waals surface area contributed by atoms with Gasteiger partial charge in [0.15, 0.2) is 0 Å². The van der Waals surface area contributed by atoms with Gasteiger partial charge in [0.05, 0.1) is 0 Å². The van der Waals surface area contributed by atoms with Crippen molar-refractivity contribution in [2.24, 2.45) is 34.4 Å². The SMILES string of the molecule is NCCCN.NCCN.NCCN.[Co+3]. The van der Waals surface area contributed by atoms with Gasteiger partial charge in [0, 0.05) is 26.2 Å². The zero-order chi connectivity index (χ0) is 10.9. The Morgan fingerprint density at radius 3 is 0.643 bits per heavy atom. The van der Waals surface area contributed by atoms with Crippen LogP contribution in [-0.4, -0.2) is 39.3 Å². The first-order chi connectivity index (χ1) is 6.24. The molecule has 0 aromatic carbocycles. The third kappa shape index (κ3) is 85.5. The van der Waals surface area contributed by atoms with Crippen LogP contribution in [0.25, 0.3) is 0 Å². The first kappa shape index (κ1) is 23.8. The molecule has 6 nitrogen and oxygen atoms in total. The van der Waals surface area contributed by atoms with Crippen LogP contribution in [0.5, 0.6) is 0 Å². The van der Waals surface area contributed by atoms with Gasteiger partial charge in [-0.1, -0.05) is 0 Å². The number of nitrogens with two attached hydrogens (primary N) is 6. The van der Waals surface area contributed by atoms with Crippen molar-refractivity contribution >= 4 is 0 Å². The van der Waals surface area contributed by atoms with Crippen molar-refractivity contribution in [2.45, 2.75) is 6.42 Å². The average molecular weight is 253 g/mol. The summed E-state index contributed by atoms with van der Waals surface area (Å²) >= 11 is 0. The van der Waals surface area contributed by atoms with Crippen LogP contribution in [-0.2, 0) is 16.8 Å². The molecule has 0 bridgehead atoms. The molecule has 0 atom stereocenters. The van der Waals surface area contributed by atoms with E-state index in [0.29, 0.717) is 26.2 Å². The Bertz CT molecular complexity index is 47.4. The quantitative estimate of drug-likeness (QED) is 0.315. The molecule has 0 heterocycles. The first-order valence-electron chi connectivity index (χ1n) is 4.45. The molecule has 0 amide bonds. The van der Waals surface area contributed by atoms with E-state index in [1.165, 1.54) is 0 Å². The monoisotopic (exact) mass is 253 g/mol. The van der Waals surface area contributed by atoms with Gasteiger partial charge in [0.2, 0.25) is 0 Å². The van der Waals surface area contributed by atoms with Gasteiger partial charge in [-0.05, 0) is 19.5 Å². The molecule has 0 aromatic rings. The van der Waals surface area contributed by atoms with Gasteiger partial charge in [-0.3, -0.25) is 0 Å². The summed E-state index contributed by atoms with van der Waals surface area (Å²) in [4.78, 5) is 0. The molecule has 0 aliphatic heterocycles. The Morgan fingerprint density at radius 1 is 0.429 bits per heavy atom. The molecule has 0 spiro atoms. The summed E-state index contributed by atoms with van der Waals surface area (Å²) in [7, 11) is 0. The van der Waals surface area contributed by atoms with E-state index in [4.69, 9.17) is 34.4 Å². The summed E-state index contributed by atoms with van der Waals surface area (Å²) in [5.41, 5.74) is 29.7. The summed E-state index contributed by atoms with van der Waals surface area (Å²) in [5, 5.41) is 0. The summed E-state index contributed by atoms with van der Waals surface area (Å²) in [5.74, 6) is 0. The summed E-state index contributed by atoms with van der Waals surface area (Å²) in [6.07, 6.45) is 0.944. The third-order valence-corrected chi connectivity index (χ3v) is 0.742. The Morgan fingerprint density at radius 2 is 0.643 bits per heavy atom. The van der Waals surface area contributed by atoms with E-state index in [1.807, 2.05) is 0 Å². The van der Waals surface area contributed by atoms with Crippen molar-refractivity contribution in [3.8, 4) is 0 Å². The molecule has 14 heavy (non-hydrogen) atoms. The smallest absolute Gasteiger partial charge is 0.330 e. The zero-order valence-electron chi connectivity index (χ0n) is 8.75. The van der Waals surface area contributed by atoms with Crippen molar-refractivity contribution in [3.63, 3.8) is 0 Å². The van der Waals surface area contributed by atoms with Crippen LogP contribution in [0.3, 0.4) is 0 Å². The van der Waals surface area contributed by atoms with Gasteiger partial charge in [-0.2, -0.15) is 0 Å². The van der Waals surface area contributed by atoms with Crippen LogP contribution < -0.4 is 34.4 Å². The number of hydrogen-bond acceptors (Lipinski definition) is 6. The van der Waals surface area contributed by atoms with Crippen molar-refractivity contribution in [2.75, 3.05) is 39.3 Å². The topological polar surface area (TPSA) is 156 Å². The molecular weight excluding hydrogens is 227 g/mol. The number of hydrogen-bond donors (Lipinski definition) is 6. The van der Waals surface area contributed by atoms with Crippen molar-refractivity contribution in [1.29, 1.82) is 0 Å². The molecule has 0 aromatic heterocycles. The van der Waals surface area contributed by atoms with Crippen molar-refractivity contribution < 1.29 is 16.8 Å². The Hall–Kier alpha value is 0.266. The van der Waals surface area contributed by atoms with Crippen LogP contribution in [0.15, 0.2) is 0 Å². The van der Waals surface area contributed by atoms with E-state index in [-0.39, 0.29) is 16.8 Å². The second-order valence-electron chi connectivity index (χ2n) is 2.09. The molecule has 0 saturated carbocycles. The van der Waals surface area contributed by atoms with Crippen molar-refractivity contribution in [1.82, 2.24) is 0 Å². The van der Waals surface area contributed by atoms with Crippen LogP contribution in [0.2, 0.25) is 0 Å². The molecule has 7 heteroatoms. The van der Waals surface area contributed by atoms with E-state index < -0.39 is 0 Å². The Kier molecular flexibility index (Phi) is 64.3. The largest absolute Gasteiger partial charge is 3.00 e. The van der Waals surface area contributed by atoms with Crippen LogP contribution in [0.1, 0.15) is 6.42 Å². The molecule has 0 saturated heterocycles. The molecule has 0 aliphatic rings. The molecular formula is C7H26CoN6+3. The van der Waals surface area contributed by atoms with Gasteiger partial charge in [-0.25, -0.2) is 0 Å². The fraction of sp³-hybridized carbons (Fsp3) is 1.00. The zero-order valence-corrected chi connectivity index (χ0v) is 9.79. The maximum Gasteiger partial charge on any atom is 3.00 e. The average Bonchev–Trinajstić information content (AvgIpc) is 2.20. The van der Waals surface area contributed by atoms with Gasteiger partial charge in [0.1, 0.15) is 0 Å². The van der Waals surface area contributed by atoms with E-state index in [2.05, 4.69) is 0 Å². The summed E-state index contributed by atoms with van der Waals surface area (Å²) in [6, 6.07) is 0. The minimum atomic E-state index is 0. The fourth-order valence-electron chi connectivity index (χ4n) is 0.118. The van der Waals surface area contributed by atoms with Crippen LogP contribution in [0, 0.1) is 0 Å². The predicted molar refractivity (Wildman–Crippen MR) is 58.9 cm³/mol. The Balaban J connectivity index is -0.0000000522. The molecule has 0 rings (SSSR count). The molecule has 0 aliphatic carbocycles. The molecule has 0 radical (unpaired) electrons. The fourth-order valence-corrected chi connectivity index (χ4v) is 0.118. The summed E-state index contributed by atoms with van der Waals surface area (Å²) in [6.45, 7) is 3.83. The maximum absolute atomic E-state index is 5.06. The molecule has 0 unspecified atom stereocenters. The predicted octanol–water partition coefficient (Wildman–Crippen LogP) is -2.90. The third-order valence-electron chi connectivity index (χ3n) is 0.742. The minimum absolute atomic E-state index is 0. The van der Waals surface area contributed by atoms with E-state index in [0.717, 1.165) is 19.5 Å². The van der Waals surface area contributed by atoms with Crippen LogP contribution >= 0.6 is 0 Å². The second-order valence-corrected chi connectivity index (χ2v) is 2.09.